The number of halogens is 4. The van der Waals surface area contributed by atoms with Gasteiger partial charge in [0, 0.05) is 49.8 Å². The first-order valence-electron chi connectivity index (χ1n) is 13.7. The number of nitrogens with zero attached hydrogens (tertiary/aromatic N) is 6. The molecule has 0 bridgehead atoms. The zero-order chi connectivity index (χ0) is 30.2. The predicted molar refractivity (Wildman–Crippen MR) is 144 cm³/mol. The third-order valence-corrected chi connectivity index (χ3v) is 7.69. The maximum absolute atomic E-state index is 14.5. The Morgan fingerprint density at radius 2 is 1.83 bits per heavy atom. The monoisotopic (exact) mass is 589 g/mol. The smallest absolute Gasteiger partial charge is 0.354 e. The van der Waals surface area contributed by atoms with Crippen molar-refractivity contribution < 1.29 is 31.9 Å². The molecule has 2 fully saturated rings. The quantitative estimate of drug-likeness (QED) is 0.318. The minimum absolute atomic E-state index is 0.142. The number of fused-ring (bicyclic) bond motifs is 1. The number of hydrogen-bond acceptors (Lipinski definition) is 7. The number of alkyl halides is 4. The van der Waals surface area contributed by atoms with Crippen molar-refractivity contribution in [2.75, 3.05) is 32.7 Å². The molecule has 2 aromatic heterocycles. The van der Waals surface area contributed by atoms with E-state index in [0.29, 0.717) is 23.1 Å². The van der Waals surface area contributed by atoms with Crippen LogP contribution in [0.1, 0.15) is 36.1 Å². The van der Waals surface area contributed by atoms with Crippen LogP contribution in [-0.4, -0.2) is 98.3 Å². The zero-order valence-electron chi connectivity index (χ0n) is 23.2. The van der Waals surface area contributed by atoms with Crippen LogP contribution in [0.3, 0.4) is 0 Å². The molecule has 0 saturated carbocycles. The van der Waals surface area contributed by atoms with Gasteiger partial charge in [-0.15, -0.1) is 0 Å². The Bertz CT molecular complexity index is 1490. The van der Waals surface area contributed by atoms with Crippen LogP contribution in [0.25, 0.3) is 22.0 Å². The Balaban J connectivity index is 1.28. The van der Waals surface area contributed by atoms with Crippen LogP contribution in [0.2, 0.25) is 0 Å². The molecule has 2 aliphatic rings. The van der Waals surface area contributed by atoms with Crippen LogP contribution in [-0.2, 0) is 16.1 Å². The molecule has 1 unspecified atom stereocenters. The SMILES string of the molecule is CC(=O)c1nn(CC(=O)N2C[C@H](F)C[C@H]2C(=O)NCC2CCN(CC(F)(F)F)C2)c2ccc(-c3cnc(C)nc3)cc12. The molecule has 2 aliphatic heterocycles. The maximum Gasteiger partial charge on any atom is 0.401 e. The number of benzene rings is 1. The third-order valence-electron chi connectivity index (χ3n) is 7.69. The predicted octanol–water partition coefficient (Wildman–Crippen LogP) is 2.94. The second-order valence-electron chi connectivity index (χ2n) is 11.0. The Hall–Kier alpha value is -3.94. The van der Waals surface area contributed by atoms with Crippen LogP contribution in [0, 0.1) is 12.8 Å². The fourth-order valence-electron chi connectivity index (χ4n) is 5.65. The Kier molecular flexibility index (Phi) is 8.26. The Morgan fingerprint density at radius 3 is 2.52 bits per heavy atom. The number of ketones is 1. The number of Topliss-reactive ketones (excluding diaryl/α,β-unsaturated/α-hetero) is 1. The van der Waals surface area contributed by atoms with E-state index in [9.17, 15) is 31.9 Å². The Morgan fingerprint density at radius 1 is 1.10 bits per heavy atom. The molecular formula is C28H31F4N7O3. The van der Waals surface area contributed by atoms with Crippen LogP contribution in [0.15, 0.2) is 30.6 Å². The molecule has 42 heavy (non-hydrogen) atoms. The lowest BCUT2D eigenvalue weighted by atomic mass is 10.0. The number of carbonyl (C=O) groups is 3. The van der Waals surface area contributed by atoms with Gasteiger partial charge in [-0.2, -0.15) is 18.3 Å². The topological polar surface area (TPSA) is 113 Å². The molecule has 1 N–H and O–H groups in total. The van der Waals surface area contributed by atoms with Crippen molar-refractivity contribution in [3.8, 4) is 11.1 Å². The van der Waals surface area contributed by atoms with E-state index in [1.807, 2.05) is 0 Å². The van der Waals surface area contributed by atoms with Crippen molar-refractivity contribution in [1.29, 1.82) is 0 Å². The molecule has 3 atom stereocenters. The second-order valence-corrected chi connectivity index (χ2v) is 11.0. The summed E-state index contributed by atoms with van der Waals surface area (Å²) in [6, 6.07) is 4.25. The summed E-state index contributed by atoms with van der Waals surface area (Å²) in [5, 5.41) is 7.61. The van der Waals surface area contributed by atoms with Crippen molar-refractivity contribution in [3.05, 3.63) is 42.1 Å². The number of hydrogen-bond donors (Lipinski definition) is 1. The van der Waals surface area contributed by atoms with Crippen LogP contribution < -0.4 is 5.32 Å². The zero-order valence-corrected chi connectivity index (χ0v) is 23.2. The van der Waals surface area contributed by atoms with Gasteiger partial charge in [0.15, 0.2) is 5.78 Å². The van der Waals surface area contributed by atoms with Crippen LogP contribution >= 0.6 is 0 Å². The number of aryl methyl sites for hydroxylation is 1. The molecule has 224 valence electrons. The van der Waals surface area contributed by atoms with Gasteiger partial charge in [0.05, 0.1) is 18.6 Å². The number of carbonyl (C=O) groups excluding carboxylic acids is 3. The minimum Gasteiger partial charge on any atom is -0.354 e. The molecule has 0 radical (unpaired) electrons. The Labute approximate surface area is 239 Å². The van der Waals surface area contributed by atoms with E-state index in [2.05, 4.69) is 20.4 Å². The second kappa shape index (κ2) is 11.7. The molecule has 0 spiro atoms. The molecule has 10 nitrogen and oxygen atoms in total. The lowest BCUT2D eigenvalue weighted by Gasteiger charge is -2.24. The molecule has 14 heteroatoms. The average molecular weight is 590 g/mol. The van der Waals surface area contributed by atoms with Gasteiger partial charge in [-0.05, 0) is 43.5 Å². The number of rotatable bonds is 8. The molecule has 4 heterocycles. The molecule has 1 aromatic carbocycles. The largest absolute Gasteiger partial charge is 0.401 e. The molecule has 2 saturated heterocycles. The summed E-state index contributed by atoms with van der Waals surface area (Å²) in [5.41, 5.74) is 2.19. The lowest BCUT2D eigenvalue weighted by Crippen LogP contribution is -2.48. The first-order valence-corrected chi connectivity index (χ1v) is 13.7. The van der Waals surface area contributed by atoms with Gasteiger partial charge in [0.2, 0.25) is 11.8 Å². The highest BCUT2D eigenvalue weighted by Crippen LogP contribution is 2.28. The van der Waals surface area contributed by atoms with Gasteiger partial charge in [-0.3, -0.25) is 24.0 Å². The van der Waals surface area contributed by atoms with Gasteiger partial charge in [-0.25, -0.2) is 14.4 Å². The normalized spacial score (nSPS) is 21.3. The van der Waals surface area contributed by atoms with Gasteiger partial charge in [-0.1, -0.05) is 6.07 Å². The first-order chi connectivity index (χ1) is 19.9. The van der Waals surface area contributed by atoms with Crippen molar-refractivity contribution in [2.45, 2.75) is 51.6 Å². The standard InChI is InChI=1S/C28H31F4N7O3/c1-16(40)26-22-7-19(20-10-33-17(2)34-11-20)3-4-23(22)39(36-26)14-25(41)38-13-21(29)8-24(38)27(42)35-9-18-5-6-37(12-18)15-28(30,31)32/h3-4,7,10-11,18,21,24H,5-6,8-9,12-15H2,1-2H3,(H,35,42)/t18?,21-,24+/m1/s1. The summed E-state index contributed by atoms with van der Waals surface area (Å²) in [6.07, 6.45) is -2.03. The maximum atomic E-state index is 14.5. The number of likely N-dealkylation sites (tertiary alicyclic amines) is 2. The highest BCUT2D eigenvalue weighted by molar-refractivity contribution is 6.06. The van der Waals surface area contributed by atoms with E-state index >= 15 is 0 Å². The van der Waals surface area contributed by atoms with Gasteiger partial charge in [0.1, 0.15) is 30.3 Å². The first kappa shape index (κ1) is 29.5. The molecule has 5 rings (SSSR count). The van der Waals surface area contributed by atoms with Gasteiger partial charge < -0.3 is 10.2 Å². The van der Waals surface area contributed by atoms with E-state index in [1.54, 1.807) is 37.5 Å². The van der Waals surface area contributed by atoms with E-state index in [1.165, 1.54) is 21.4 Å². The number of nitrogens with one attached hydrogen (secondary N) is 1. The fourth-order valence-corrected chi connectivity index (χ4v) is 5.65. The van der Waals surface area contributed by atoms with Gasteiger partial charge in [0.25, 0.3) is 0 Å². The molecular weight excluding hydrogens is 558 g/mol. The molecule has 0 aliphatic carbocycles. The highest BCUT2D eigenvalue weighted by Gasteiger charge is 2.40. The molecule has 2 amide bonds. The van der Waals surface area contributed by atoms with Crippen molar-refractivity contribution >= 4 is 28.5 Å². The summed E-state index contributed by atoms with van der Waals surface area (Å²) in [7, 11) is 0. The molecule has 3 aromatic rings. The van der Waals surface area contributed by atoms with Gasteiger partial charge >= 0.3 is 6.18 Å². The summed E-state index contributed by atoms with van der Waals surface area (Å²) < 4.78 is 53.9. The third kappa shape index (κ3) is 6.58. The lowest BCUT2D eigenvalue weighted by molar-refractivity contribution is -0.143. The van der Waals surface area contributed by atoms with Crippen molar-refractivity contribution in [1.82, 2.24) is 34.9 Å². The minimum atomic E-state index is -4.29. The number of amides is 2. The highest BCUT2D eigenvalue weighted by atomic mass is 19.4. The summed E-state index contributed by atoms with van der Waals surface area (Å²) in [6.45, 7) is 2.18. The fraction of sp³-hybridized carbons (Fsp3) is 0.500. The van der Waals surface area contributed by atoms with E-state index in [0.717, 1.165) is 11.1 Å². The van der Waals surface area contributed by atoms with Crippen LogP contribution in [0.5, 0.6) is 0 Å². The summed E-state index contributed by atoms with van der Waals surface area (Å²) in [5.74, 6) is -0.932. The van der Waals surface area contributed by atoms with Crippen LogP contribution in [0.4, 0.5) is 17.6 Å². The van der Waals surface area contributed by atoms with Crippen molar-refractivity contribution in [3.63, 3.8) is 0 Å². The summed E-state index contributed by atoms with van der Waals surface area (Å²) >= 11 is 0. The van der Waals surface area contributed by atoms with Crippen molar-refractivity contribution in [2.24, 2.45) is 5.92 Å². The van der Waals surface area contributed by atoms with E-state index in [4.69, 9.17) is 0 Å². The van der Waals surface area contributed by atoms with E-state index < -0.39 is 36.7 Å². The average Bonchev–Trinajstić information content (AvgIpc) is 3.63. The number of aromatic nitrogens is 4. The summed E-state index contributed by atoms with van der Waals surface area (Å²) in [4.78, 5) is 49.6. The van der Waals surface area contributed by atoms with E-state index in [-0.39, 0.29) is 56.5 Å².